The summed E-state index contributed by atoms with van der Waals surface area (Å²) in [6, 6.07) is 22.3. The summed E-state index contributed by atoms with van der Waals surface area (Å²) in [5, 5.41) is 0. The molecule has 0 aliphatic rings. The summed E-state index contributed by atoms with van der Waals surface area (Å²) in [6.45, 7) is 3.00. The third kappa shape index (κ3) is 15.8. The molecule has 0 aliphatic heterocycles. The summed E-state index contributed by atoms with van der Waals surface area (Å²) in [5.41, 5.74) is 3.35. The largest absolute Gasteiger partial charge is 0.494 e. The first-order valence-corrected chi connectivity index (χ1v) is 17.7. The van der Waals surface area contributed by atoms with Gasteiger partial charge in [0.15, 0.2) is 5.78 Å². The maximum Gasteiger partial charge on any atom is 0.336 e. The number of ether oxygens (including phenoxy) is 2. The normalized spacial score (nSPS) is 11.3. The maximum absolute atomic E-state index is 12.7. The third-order valence-electron chi connectivity index (χ3n) is 8.23. The molecule has 0 aromatic heterocycles. The van der Waals surface area contributed by atoms with Crippen LogP contribution in [0.15, 0.2) is 84.9 Å². The first-order chi connectivity index (χ1) is 22.9. The average molecular weight is 638 g/mol. The fourth-order valence-corrected chi connectivity index (χ4v) is 5.34. The number of carbonyl (C=O) groups excluding carboxylic acids is 2. The Bertz CT molecular complexity index is 1370. The van der Waals surface area contributed by atoms with Gasteiger partial charge >= 0.3 is 5.97 Å². The van der Waals surface area contributed by atoms with Crippen molar-refractivity contribution >= 4 is 29.6 Å². The molecule has 47 heavy (non-hydrogen) atoms. The summed E-state index contributed by atoms with van der Waals surface area (Å²) < 4.78 is 11.4. The van der Waals surface area contributed by atoms with Crippen LogP contribution in [-0.4, -0.2) is 32.5 Å². The van der Waals surface area contributed by atoms with E-state index in [0.717, 1.165) is 35.6 Å². The molecule has 5 nitrogen and oxygen atoms in total. The molecule has 0 bridgehead atoms. The van der Waals surface area contributed by atoms with Crippen molar-refractivity contribution in [1.82, 2.24) is 0 Å². The quantitative estimate of drug-likeness (QED) is 0.0340. The van der Waals surface area contributed by atoms with Gasteiger partial charge in [0.1, 0.15) is 11.5 Å². The maximum atomic E-state index is 12.7. The van der Waals surface area contributed by atoms with Gasteiger partial charge in [-0.3, -0.25) is 4.79 Å². The molecule has 0 heterocycles. The van der Waals surface area contributed by atoms with E-state index in [1.807, 2.05) is 67.5 Å². The van der Waals surface area contributed by atoms with Crippen molar-refractivity contribution in [1.29, 1.82) is 0 Å². The zero-order valence-corrected chi connectivity index (χ0v) is 28.9. The molecular formula is C42H55NO4. The smallest absolute Gasteiger partial charge is 0.336 e. The van der Waals surface area contributed by atoms with Gasteiger partial charge in [-0.2, -0.15) is 0 Å². The molecule has 5 heteroatoms. The molecule has 0 saturated carbocycles. The number of anilines is 1. The van der Waals surface area contributed by atoms with Crippen molar-refractivity contribution in [3.05, 3.63) is 102 Å². The van der Waals surface area contributed by atoms with E-state index in [9.17, 15) is 9.59 Å². The highest BCUT2D eigenvalue weighted by molar-refractivity contribution is 6.07. The van der Waals surface area contributed by atoms with Crippen molar-refractivity contribution in [2.45, 2.75) is 96.8 Å². The monoisotopic (exact) mass is 637 g/mol. The number of hydrogen-bond acceptors (Lipinski definition) is 5. The van der Waals surface area contributed by atoms with Crippen molar-refractivity contribution in [3.63, 3.8) is 0 Å². The van der Waals surface area contributed by atoms with Gasteiger partial charge in [0, 0.05) is 31.4 Å². The van der Waals surface area contributed by atoms with E-state index in [1.165, 1.54) is 95.6 Å². The Labute approximate surface area is 283 Å². The number of benzene rings is 3. The van der Waals surface area contributed by atoms with Gasteiger partial charge in [-0.25, -0.2) is 4.79 Å². The number of hydrogen-bond donors (Lipinski definition) is 0. The number of allylic oxidation sites excluding steroid dienone is 1. The molecule has 3 aromatic carbocycles. The van der Waals surface area contributed by atoms with E-state index < -0.39 is 5.97 Å². The second kappa shape index (κ2) is 22.4. The molecule has 0 fully saturated rings. The minimum absolute atomic E-state index is 0.165. The van der Waals surface area contributed by atoms with Gasteiger partial charge in [-0.05, 0) is 66.1 Å². The highest BCUT2D eigenvalue weighted by Gasteiger charge is 2.07. The lowest BCUT2D eigenvalue weighted by molar-refractivity contribution is -0.128. The van der Waals surface area contributed by atoms with Gasteiger partial charge in [0.25, 0.3) is 0 Å². The summed E-state index contributed by atoms with van der Waals surface area (Å²) in [5.74, 6) is 0.480. The topological polar surface area (TPSA) is 55.8 Å². The van der Waals surface area contributed by atoms with Gasteiger partial charge in [-0.15, -0.1) is 0 Å². The van der Waals surface area contributed by atoms with Crippen LogP contribution in [0.5, 0.6) is 11.5 Å². The molecule has 0 unspecified atom stereocenters. The Hall–Kier alpha value is -4.12. The van der Waals surface area contributed by atoms with E-state index >= 15 is 0 Å². The van der Waals surface area contributed by atoms with Gasteiger partial charge in [0.2, 0.25) is 0 Å². The van der Waals surface area contributed by atoms with E-state index in [4.69, 9.17) is 9.47 Å². The van der Waals surface area contributed by atoms with Gasteiger partial charge < -0.3 is 14.4 Å². The van der Waals surface area contributed by atoms with Crippen LogP contribution in [0.4, 0.5) is 5.69 Å². The second-order valence-corrected chi connectivity index (χ2v) is 12.5. The van der Waals surface area contributed by atoms with Crippen LogP contribution in [0, 0.1) is 0 Å². The summed E-state index contributed by atoms with van der Waals surface area (Å²) in [6.07, 6.45) is 25.2. The summed E-state index contributed by atoms with van der Waals surface area (Å²) in [7, 11) is 3.97. The number of carbonyl (C=O) groups is 2. The lowest BCUT2D eigenvalue weighted by atomic mass is 10.0. The minimum atomic E-state index is -0.510. The van der Waals surface area contributed by atoms with Crippen LogP contribution in [0.25, 0.3) is 12.2 Å². The number of esters is 1. The van der Waals surface area contributed by atoms with Crippen molar-refractivity contribution < 1.29 is 19.1 Å². The molecule has 0 saturated heterocycles. The highest BCUT2D eigenvalue weighted by Crippen LogP contribution is 2.18. The zero-order valence-electron chi connectivity index (χ0n) is 28.9. The van der Waals surface area contributed by atoms with Crippen LogP contribution in [-0.2, 0) is 4.79 Å². The molecule has 3 rings (SSSR count). The molecule has 0 amide bonds. The molecular weight excluding hydrogens is 582 g/mol. The van der Waals surface area contributed by atoms with Gasteiger partial charge in [-0.1, -0.05) is 133 Å². The van der Waals surface area contributed by atoms with E-state index in [2.05, 4.69) is 6.92 Å². The number of unbranched alkanes of at least 4 members (excludes halogenated alkanes) is 13. The SMILES string of the molecule is CCCCCCCCCCCCCCCCOc1ccc(/C=C/C(=O)Oc2cccc(C(=O)/C=C/c3ccc(N(C)C)cc3)c2)cc1. The fourth-order valence-electron chi connectivity index (χ4n) is 5.34. The first kappa shape index (κ1) is 37.3. The van der Waals surface area contributed by atoms with Crippen LogP contribution in [0.3, 0.4) is 0 Å². The van der Waals surface area contributed by atoms with E-state index in [1.54, 1.807) is 36.4 Å². The molecule has 0 aliphatic carbocycles. The molecule has 0 atom stereocenters. The van der Waals surface area contributed by atoms with Crippen molar-refractivity contribution in [3.8, 4) is 11.5 Å². The van der Waals surface area contributed by atoms with E-state index in [-0.39, 0.29) is 5.78 Å². The number of rotatable bonds is 23. The fraction of sp³-hybridized carbons (Fsp3) is 0.429. The molecule has 3 aromatic rings. The van der Waals surface area contributed by atoms with Crippen molar-refractivity contribution in [2.75, 3.05) is 25.6 Å². The Balaban J connectivity index is 1.29. The summed E-state index contributed by atoms with van der Waals surface area (Å²) >= 11 is 0. The Morgan fingerprint density at radius 3 is 1.72 bits per heavy atom. The first-order valence-electron chi connectivity index (χ1n) is 17.7. The molecule has 0 spiro atoms. The molecule has 0 radical (unpaired) electrons. The van der Waals surface area contributed by atoms with Crippen LogP contribution in [0.1, 0.15) is 118 Å². The van der Waals surface area contributed by atoms with E-state index in [0.29, 0.717) is 11.3 Å². The Morgan fingerprint density at radius 1 is 0.617 bits per heavy atom. The van der Waals surface area contributed by atoms with Crippen molar-refractivity contribution in [2.24, 2.45) is 0 Å². The lowest BCUT2D eigenvalue weighted by Crippen LogP contribution is -2.07. The average Bonchev–Trinajstić information content (AvgIpc) is 3.08. The second-order valence-electron chi connectivity index (χ2n) is 12.5. The molecule has 0 N–H and O–H groups in total. The molecule has 252 valence electrons. The highest BCUT2D eigenvalue weighted by atomic mass is 16.5. The van der Waals surface area contributed by atoms with Crippen LogP contribution < -0.4 is 14.4 Å². The van der Waals surface area contributed by atoms with Crippen LogP contribution >= 0.6 is 0 Å². The number of nitrogens with zero attached hydrogens (tertiary/aromatic N) is 1. The third-order valence-corrected chi connectivity index (χ3v) is 8.23. The Kier molecular flexibility index (Phi) is 17.8. The Morgan fingerprint density at radius 2 is 1.15 bits per heavy atom. The predicted molar refractivity (Wildman–Crippen MR) is 197 cm³/mol. The minimum Gasteiger partial charge on any atom is -0.494 e. The zero-order chi connectivity index (χ0) is 33.5. The lowest BCUT2D eigenvalue weighted by Gasteiger charge is -2.11. The summed E-state index contributed by atoms with van der Waals surface area (Å²) in [4.78, 5) is 27.2. The number of ketones is 1. The standard InChI is InChI=1S/C42H55NO4/c1-4-5-6-7-8-9-10-11-12-13-14-15-16-17-33-46-39-29-23-36(24-30-39)26-32-42(45)47-40-20-18-19-37(34-40)41(44)31-25-35-21-27-38(28-22-35)43(2)3/h18-32,34H,4-17,33H2,1-3H3/b31-25+,32-26+. The predicted octanol–water partition coefficient (Wildman–Crippen LogP) is 11.1. The van der Waals surface area contributed by atoms with Gasteiger partial charge in [0.05, 0.1) is 6.61 Å². The van der Waals surface area contributed by atoms with Crippen LogP contribution in [0.2, 0.25) is 0 Å².